The van der Waals surface area contributed by atoms with Crippen molar-refractivity contribution < 1.29 is 15.0 Å². The van der Waals surface area contributed by atoms with E-state index in [1.54, 1.807) is 10.9 Å². The first-order valence-electron chi connectivity index (χ1n) is 7.89. The normalized spacial score (nSPS) is 30.5. The number of likely N-dealkylation sites (tertiary alicyclic amines) is 1. The molecule has 0 radical (unpaired) electrons. The van der Waals surface area contributed by atoms with Crippen molar-refractivity contribution >= 4 is 17.2 Å². The first-order chi connectivity index (χ1) is 10.6. The van der Waals surface area contributed by atoms with Gasteiger partial charge >= 0.3 is 0 Å². The number of hydrogen-bond acceptors (Lipinski definition) is 6. The van der Waals surface area contributed by atoms with Gasteiger partial charge in [0.2, 0.25) is 0 Å². The molecule has 122 valence electrons. The second-order valence-electron chi connectivity index (χ2n) is 6.36. The lowest BCUT2D eigenvalue weighted by atomic mass is 9.87. The van der Waals surface area contributed by atoms with Crippen molar-refractivity contribution in [2.24, 2.45) is 0 Å². The summed E-state index contributed by atoms with van der Waals surface area (Å²) in [6.07, 6.45) is 4.52. The Morgan fingerprint density at radius 1 is 1.50 bits per heavy atom. The fourth-order valence-corrected chi connectivity index (χ4v) is 3.98. The highest BCUT2D eigenvalue weighted by Gasteiger charge is 2.42. The van der Waals surface area contributed by atoms with Crippen LogP contribution in [0.4, 0.5) is 0 Å². The zero-order valence-corrected chi connectivity index (χ0v) is 13.4. The van der Waals surface area contributed by atoms with E-state index in [0.717, 1.165) is 6.54 Å². The van der Waals surface area contributed by atoms with Crippen molar-refractivity contribution in [3.63, 3.8) is 0 Å². The van der Waals surface area contributed by atoms with E-state index in [0.29, 0.717) is 24.7 Å². The molecular weight excluding hydrogens is 302 g/mol. The standard InChI is InChI=1S/C15H23N3O3S/c19-13-7-18(11-3-1-2-4-11)6-5-15(13,21)9-16-14(20)12-8-22-10-17-12/h8,10-11,13,19,21H,1-7,9H2,(H,16,20)/t13-,15-/m1/s1. The van der Waals surface area contributed by atoms with E-state index in [9.17, 15) is 15.0 Å². The zero-order valence-electron chi connectivity index (χ0n) is 12.6. The maximum atomic E-state index is 11.9. The average molecular weight is 325 g/mol. The average Bonchev–Trinajstić information content (AvgIpc) is 3.21. The van der Waals surface area contributed by atoms with Crippen LogP contribution in [0.2, 0.25) is 0 Å². The molecule has 0 unspecified atom stereocenters. The lowest BCUT2D eigenvalue weighted by Gasteiger charge is -2.44. The molecule has 3 N–H and O–H groups in total. The van der Waals surface area contributed by atoms with Gasteiger partial charge < -0.3 is 15.5 Å². The summed E-state index contributed by atoms with van der Waals surface area (Å²) in [7, 11) is 0. The number of carbonyl (C=O) groups excluding carboxylic acids is 1. The van der Waals surface area contributed by atoms with Gasteiger partial charge in [-0.05, 0) is 19.3 Å². The van der Waals surface area contributed by atoms with Crippen LogP contribution < -0.4 is 5.32 Å². The van der Waals surface area contributed by atoms with Gasteiger partial charge in [-0.25, -0.2) is 4.98 Å². The van der Waals surface area contributed by atoms with E-state index >= 15 is 0 Å². The summed E-state index contributed by atoms with van der Waals surface area (Å²) in [5.74, 6) is -0.305. The predicted octanol–water partition coefficient (Wildman–Crippen LogP) is 0.613. The Bertz CT molecular complexity index is 504. The van der Waals surface area contributed by atoms with Gasteiger partial charge in [-0.2, -0.15) is 0 Å². The molecule has 1 amide bonds. The second-order valence-corrected chi connectivity index (χ2v) is 7.08. The number of amides is 1. The molecular formula is C15H23N3O3S. The van der Waals surface area contributed by atoms with Crippen LogP contribution in [0.25, 0.3) is 0 Å². The van der Waals surface area contributed by atoms with Crippen molar-refractivity contribution in [2.75, 3.05) is 19.6 Å². The Morgan fingerprint density at radius 3 is 2.91 bits per heavy atom. The molecule has 0 bridgehead atoms. The third-order valence-corrected chi connectivity index (χ3v) is 5.51. The maximum absolute atomic E-state index is 11.9. The summed E-state index contributed by atoms with van der Waals surface area (Å²) in [6.45, 7) is 1.31. The Kier molecular flexibility index (Phi) is 4.77. The van der Waals surface area contributed by atoms with E-state index in [2.05, 4.69) is 15.2 Å². The largest absolute Gasteiger partial charge is 0.389 e. The minimum Gasteiger partial charge on any atom is -0.389 e. The van der Waals surface area contributed by atoms with Gasteiger partial charge in [0, 0.05) is 31.1 Å². The van der Waals surface area contributed by atoms with Crippen LogP contribution in [-0.4, -0.2) is 63.4 Å². The number of aliphatic hydroxyl groups excluding tert-OH is 1. The van der Waals surface area contributed by atoms with Gasteiger partial charge in [-0.3, -0.25) is 9.69 Å². The number of aliphatic hydroxyl groups is 2. The van der Waals surface area contributed by atoms with Crippen molar-refractivity contribution in [1.82, 2.24) is 15.2 Å². The predicted molar refractivity (Wildman–Crippen MR) is 83.8 cm³/mol. The monoisotopic (exact) mass is 325 g/mol. The van der Waals surface area contributed by atoms with Crippen LogP contribution in [0.3, 0.4) is 0 Å². The van der Waals surface area contributed by atoms with E-state index in [-0.39, 0.29) is 12.5 Å². The van der Waals surface area contributed by atoms with Crippen LogP contribution in [0.1, 0.15) is 42.6 Å². The van der Waals surface area contributed by atoms with E-state index in [4.69, 9.17) is 0 Å². The lowest BCUT2D eigenvalue weighted by Crippen LogP contribution is -2.61. The van der Waals surface area contributed by atoms with Gasteiger partial charge in [0.1, 0.15) is 11.3 Å². The highest BCUT2D eigenvalue weighted by atomic mass is 32.1. The number of nitrogens with zero attached hydrogens (tertiary/aromatic N) is 2. The number of carbonyl (C=O) groups is 1. The molecule has 2 atom stereocenters. The van der Waals surface area contributed by atoms with Crippen molar-refractivity contribution in [3.8, 4) is 0 Å². The number of β-amino-alcohol motifs (C(OH)–C–C–N with tert-alkyl or cyclic N) is 1. The van der Waals surface area contributed by atoms with Crippen molar-refractivity contribution in [1.29, 1.82) is 0 Å². The molecule has 1 aliphatic heterocycles. The number of nitrogens with one attached hydrogen (secondary N) is 1. The third kappa shape index (κ3) is 3.32. The molecule has 0 spiro atoms. The molecule has 6 nitrogen and oxygen atoms in total. The topological polar surface area (TPSA) is 85.7 Å². The highest BCUT2D eigenvalue weighted by molar-refractivity contribution is 7.07. The maximum Gasteiger partial charge on any atom is 0.270 e. The third-order valence-electron chi connectivity index (χ3n) is 4.92. The molecule has 1 saturated heterocycles. The van der Waals surface area contributed by atoms with E-state index in [1.807, 2.05) is 0 Å². The summed E-state index contributed by atoms with van der Waals surface area (Å²) < 4.78 is 0. The molecule has 1 aromatic heterocycles. The molecule has 3 rings (SSSR count). The lowest BCUT2D eigenvalue weighted by molar-refractivity contribution is -0.121. The summed E-state index contributed by atoms with van der Waals surface area (Å²) in [5, 5.41) is 25.3. The van der Waals surface area contributed by atoms with Crippen LogP contribution in [-0.2, 0) is 0 Å². The van der Waals surface area contributed by atoms with Gasteiger partial charge in [0.05, 0.1) is 11.6 Å². The number of hydrogen-bond donors (Lipinski definition) is 3. The fraction of sp³-hybridized carbons (Fsp3) is 0.733. The molecule has 2 aliphatic rings. The minimum absolute atomic E-state index is 0.0586. The Hall–Kier alpha value is -1.02. The first kappa shape index (κ1) is 15.9. The number of rotatable bonds is 4. The number of aromatic nitrogens is 1. The molecule has 22 heavy (non-hydrogen) atoms. The smallest absolute Gasteiger partial charge is 0.270 e. The summed E-state index contributed by atoms with van der Waals surface area (Å²) in [6, 6.07) is 0.545. The molecule has 1 aliphatic carbocycles. The van der Waals surface area contributed by atoms with Crippen LogP contribution >= 0.6 is 11.3 Å². The van der Waals surface area contributed by atoms with Gasteiger partial charge in [0.15, 0.2) is 0 Å². The Balaban J connectivity index is 1.53. The van der Waals surface area contributed by atoms with E-state index in [1.165, 1.54) is 37.0 Å². The molecule has 7 heteroatoms. The molecule has 0 aromatic carbocycles. The number of thiazole rings is 1. The summed E-state index contributed by atoms with van der Waals surface area (Å²) in [5.41, 5.74) is 0.700. The molecule has 1 saturated carbocycles. The zero-order chi connectivity index (χ0) is 15.6. The second kappa shape index (κ2) is 6.62. The SMILES string of the molecule is O=C(NC[C@]1(O)CCN(C2CCCC2)C[C@H]1O)c1cscn1. The van der Waals surface area contributed by atoms with Crippen LogP contribution in [0.5, 0.6) is 0 Å². The quantitative estimate of drug-likeness (QED) is 0.755. The fourth-order valence-electron chi connectivity index (χ4n) is 3.44. The summed E-state index contributed by atoms with van der Waals surface area (Å²) in [4.78, 5) is 18.1. The van der Waals surface area contributed by atoms with Gasteiger partial charge in [0.25, 0.3) is 5.91 Å². The van der Waals surface area contributed by atoms with Crippen molar-refractivity contribution in [3.05, 3.63) is 16.6 Å². The first-order valence-corrected chi connectivity index (χ1v) is 8.84. The number of piperidine rings is 1. The van der Waals surface area contributed by atoms with Gasteiger partial charge in [-0.1, -0.05) is 12.8 Å². The van der Waals surface area contributed by atoms with Crippen LogP contribution in [0.15, 0.2) is 10.9 Å². The summed E-state index contributed by atoms with van der Waals surface area (Å²) >= 11 is 1.35. The molecule has 1 aromatic rings. The highest BCUT2D eigenvalue weighted by Crippen LogP contribution is 2.29. The Morgan fingerprint density at radius 2 is 2.27 bits per heavy atom. The molecule has 2 heterocycles. The van der Waals surface area contributed by atoms with Gasteiger partial charge in [-0.15, -0.1) is 11.3 Å². The van der Waals surface area contributed by atoms with E-state index < -0.39 is 11.7 Å². The van der Waals surface area contributed by atoms with Crippen LogP contribution in [0, 0.1) is 0 Å². The Labute approximate surface area is 134 Å². The molecule has 2 fully saturated rings. The minimum atomic E-state index is -1.25. The van der Waals surface area contributed by atoms with Crippen molar-refractivity contribution in [2.45, 2.75) is 49.9 Å².